The van der Waals surface area contributed by atoms with Gasteiger partial charge in [0.15, 0.2) is 6.10 Å². The lowest BCUT2D eigenvalue weighted by Gasteiger charge is -2.23. The third-order valence-electron chi connectivity index (χ3n) is 4.27. The second kappa shape index (κ2) is 7.24. The number of carbonyl (C=O) groups is 1. The summed E-state index contributed by atoms with van der Waals surface area (Å²) in [5.74, 6) is -0.721. The highest BCUT2D eigenvalue weighted by atomic mass is 16.4. The van der Waals surface area contributed by atoms with Gasteiger partial charge in [0.2, 0.25) is 0 Å². The first-order valence-corrected chi connectivity index (χ1v) is 7.55. The average molecular weight is 287 g/mol. The summed E-state index contributed by atoms with van der Waals surface area (Å²) < 4.78 is 0. The van der Waals surface area contributed by atoms with Gasteiger partial charge in [-0.2, -0.15) is 5.26 Å². The Morgan fingerprint density at radius 2 is 2.05 bits per heavy atom. The van der Waals surface area contributed by atoms with E-state index in [1.165, 1.54) is 19.3 Å². The molecule has 0 aromatic heterocycles. The van der Waals surface area contributed by atoms with Gasteiger partial charge >= 0.3 is 5.97 Å². The first-order chi connectivity index (χ1) is 10.1. The number of aliphatic hydroxyl groups is 1. The highest BCUT2D eigenvalue weighted by molar-refractivity contribution is 5.71. The second-order valence-corrected chi connectivity index (χ2v) is 5.76. The summed E-state index contributed by atoms with van der Waals surface area (Å²) in [4.78, 5) is 10.6. The van der Waals surface area contributed by atoms with Gasteiger partial charge in [-0.25, -0.2) is 4.79 Å². The van der Waals surface area contributed by atoms with Crippen LogP contribution in [-0.2, 0) is 11.2 Å². The van der Waals surface area contributed by atoms with Gasteiger partial charge in [-0.15, -0.1) is 0 Å². The third kappa shape index (κ3) is 4.05. The topological polar surface area (TPSA) is 81.3 Å². The maximum absolute atomic E-state index is 10.6. The second-order valence-electron chi connectivity index (χ2n) is 5.76. The van der Waals surface area contributed by atoms with Gasteiger partial charge in [0.1, 0.15) is 0 Å². The molecule has 1 aliphatic carbocycles. The molecule has 0 spiro atoms. The smallest absolute Gasteiger partial charge is 0.332 e. The van der Waals surface area contributed by atoms with Crippen LogP contribution in [0.2, 0.25) is 0 Å². The minimum atomic E-state index is -1.34. The van der Waals surface area contributed by atoms with Gasteiger partial charge in [0.25, 0.3) is 0 Å². The number of carboxylic acids is 1. The van der Waals surface area contributed by atoms with E-state index in [2.05, 4.69) is 6.07 Å². The minimum Gasteiger partial charge on any atom is -0.479 e. The Morgan fingerprint density at radius 1 is 1.33 bits per heavy atom. The largest absolute Gasteiger partial charge is 0.479 e. The van der Waals surface area contributed by atoms with Crippen LogP contribution >= 0.6 is 0 Å². The molecule has 2 rings (SSSR count). The first-order valence-electron chi connectivity index (χ1n) is 7.55. The first kappa shape index (κ1) is 15.5. The highest BCUT2D eigenvalue weighted by Crippen LogP contribution is 2.34. The number of hydrogen-bond donors (Lipinski definition) is 2. The molecule has 0 aliphatic heterocycles. The Morgan fingerprint density at radius 3 is 2.67 bits per heavy atom. The molecule has 2 N–H and O–H groups in total. The van der Waals surface area contributed by atoms with E-state index < -0.39 is 12.1 Å². The summed E-state index contributed by atoms with van der Waals surface area (Å²) in [5.41, 5.74) is 2.73. The van der Waals surface area contributed by atoms with E-state index in [4.69, 9.17) is 5.11 Å². The molecular weight excluding hydrogens is 266 g/mol. The van der Waals surface area contributed by atoms with E-state index in [9.17, 15) is 15.2 Å². The SMILES string of the molecule is N#Cc1cc(CCC(O)C(=O)O)ccc1C1CCCCC1. The van der Waals surface area contributed by atoms with Crippen LogP contribution in [0.1, 0.15) is 61.1 Å². The lowest BCUT2D eigenvalue weighted by molar-refractivity contribution is -0.146. The molecule has 1 aromatic carbocycles. The van der Waals surface area contributed by atoms with Crippen LogP contribution in [0, 0.1) is 11.3 Å². The van der Waals surface area contributed by atoms with Crippen LogP contribution in [0.4, 0.5) is 0 Å². The quantitative estimate of drug-likeness (QED) is 0.872. The Kier molecular flexibility index (Phi) is 5.35. The van der Waals surface area contributed by atoms with Gasteiger partial charge in [0.05, 0.1) is 11.6 Å². The molecule has 112 valence electrons. The molecule has 4 heteroatoms. The van der Waals surface area contributed by atoms with Gasteiger partial charge in [0, 0.05) is 0 Å². The predicted molar refractivity (Wildman–Crippen MR) is 78.9 cm³/mol. The zero-order valence-electron chi connectivity index (χ0n) is 12.1. The summed E-state index contributed by atoms with van der Waals surface area (Å²) in [6.45, 7) is 0. The van der Waals surface area contributed by atoms with Crippen molar-refractivity contribution in [2.75, 3.05) is 0 Å². The molecule has 1 fully saturated rings. The summed E-state index contributed by atoms with van der Waals surface area (Å²) in [6.07, 6.45) is 5.31. The van der Waals surface area contributed by atoms with Crippen molar-refractivity contribution < 1.29 is 15.0 Å². The molecule has 1 saturated carbocycles. The number of nitriles is 1. The number of nitrogens with zero attached hydrogens (tertiary/aromatic N) is 1. The number of aryl methyl sites for hydroxylation is 1. The van der Waals surface area contributed by atoms with Gasteiger partial charge in [-0.05, 0) is 48.8 Å². The Balaban J connectivity index is 2.09. The fraction of sp³-hybridized carbons (Fsp3) is 0.529. The van der Waals surface area contributed by atoms with E-state index in [0.717, 1.165) is 24.0 Å². The minimum absolute atomic E-state index is 0.170. The average Bonchev–Trinajstić information content (AvgIpc) is 2.53. The van der Waals surface area contributed by atoms with Crippen LogP contribution < -0.4 is 0 Å². The monoisotopic (exact) mass is 287 g/mol. The highest BCUT2D eigenvalue weighted by Gasteiger charge is 2.19. The van der Waals surface area contributed by atoms with Gasteiger partial charge < -0.3 is 10.2 Å². The fourth-order valence-corrected chi connectivity index (χ4v) is 3.05. The number of benzene rings is 1. The van der Waals surface area contributed by atoms with Crippen molar-refractivity contribution in [3.05, 3.63) is 34.9 Å². The molecule has 21 heavy (non-hydrogen) atoms. The van der Waals surface area contributed by atoms with Crippen molar-refractivity contribution in [1.82, 2.24) is 0 Å². The van der Waals surface area contributed by atoms with E-state index >= 15 is 0 Å². The standard InChI is InChI=1S/C17H21NO3/c18-11-14-10-12(7-9-16(19)17(20)21)6-8-15(14)13-4-2-1-3-5-13/h6,8,10,13,16,19H,1-5,7,9H2,(H,20,21). The van der Waals surface area contributed by atoms with Crippen molar-refractivity contribution >= 4 is 5.97 Å². The molecule has 0 amide bonds. The summed E-state index contributed by atoms with van der Waals surface area (Å²) in [7, 11) is 0. The van der Waals surface area contributed by atoms with Crippen molar-refractivity contribution in [2.45, 2.75) is 57.0 Å². The lowest BCUT2D eigenvalue weighted by atomic mass is 9.81. The zero-order chi connectivity index (χ0) is 15.2. The van der Waals surface area contributed by atoms with Crippen molar-refractivity contribution in [2.24, 2.45) is 0 Å². The van der Waals surface area contributed by atoms with E-state index in [1.807, 2.05) is 18.2 Å². The van der Waals surface area contributed by atoms with Crippen LogP contribution in [0.5, 0.6) is 0 Å². The van der Waals surface area contributed by atoms with E-state index in [0.29, 0.717) is 17.9 Å². The number of aliphatic hydroxyl groups excluding tert-OH is 1. The van der Waals surface area contributed by atoms with Crippen molar-refractivity contribution in [3.8, 4) is 6.07 Å². The van der Waals surface area contributed by atoms with E-state index in [-0.39, 0.29) is 6.42 Å². The Labute approximate surface area is 125 Å². The van der Waals surface area contributed by atoms with Crippen LogP contribution in [0.3, 0.4) is 0 Å². The van der Waals surface area contributed by atoms with E-state index in [1.54, 1.807) is 0 Å². The molecule has 0 heterocycles. The summed E-state index contributed by atoms with van der Waals surface area (Å²) in [5, 5.41) is 27.3. The fourth-order valence-electron chi connectivity index (χ4n) is 3.05. The predicted octanol–water partition coefficient (Wildman–Crippen LogP) is 2.98. The number of aliphatic carboxylic acids is 1. The maximum atomic E-state index is 10.6. The third-order valence-corrected chi connectivity index (χ3v) is 4.27. The Bertz CT molecular complexity index is 541. The molecule has 1 aliphatic rings. The summed E-state index contributed by atoms with van der Waals surface area (Å²) >= 11 is 0. The van der Waals surface area contributed by atoms with Gasteiger partial charge in [-0.3, -0.25) is 0 Å². The maximum Gasteiger partial charge on any atom is 0.332 e. The zero-order valence-corrected chi connectivity index (χ0v) is 12.1. The number of rotatable bonds is 5. The lowest BCUT2D eigenvalue weighted by Crippen LogP contribution is -2.19. The van der Waals surface area contributed by atoms with Crippen molar-refractivity contribution in [3.63, 3.8) is 0 Å². The molecule has 1 aromatic rings. The molecular formula is C17H21NO3. The number of carboxylic acid groups (broad SMARTS) is 1. The molecule has 1 unspecified atom stereocenters. The van der Waals surface area contributed by atoms with Crippen LogP contribution in [0.15, 0.2) is 18.2 Å². The van der Waals surface area contributed by atoms with Crippen LogP contribution in [-0.4, -0.2) is 22.3 Å². The molecule has 4 nitrogen and oxygen atoms in total. The number of hydrogen-bond acceptors (Lipinski definition) is 3. The normalized spacial score (nSPS) is 17.1. The molecule has 0 radical (unpaired) electrons. The molecule has 0 bridgehead atoms. The van der Waals surface area contributed by atoms with Crippen LogP contribution in [0.25, 0.3) is 0 Å². The molecule has 1 atom stereocenters. The van der Waals surface area contributed by atoms with Gasteiger partial charge in [-0.1, -0.05) is 31.4 Å². The van der Waals surface area contributed by atoms with Crippen molar-refractivity contribution in [1.29, 1.82) is 5.26 Å². The Hall–Kier alpha value is -1.86. The molecule has 0 saturated heterocycles. The summed E-state index contributed by atoms with van der Waals surface area (Å²) in [6, 6.07) is 8.08.